The van der Waals surface area contributed by atoms with Gasteiger partial charge in [-0.25, -0.2) is 0 Å². The first-order valence-electron chi connectivity index (χ1n) is 7.27. The van der Waals surface area contributed by atoms with Crippen LogP contribution in [0, 0.1) is 5.92 Å². The van der Waals surface area contributed by atoms with Gasteiger partial charge in [-0.2, -0.15) is 0 Å². The van der Waals surface area contributed by atoms with Crippen LogP contribution in [0.4, 0.5) is 0 Å². The average molecular weight is 313 g/mol. The second-order valence-corrected chi connectivity index (χ2v) is 6.15. The third-order valence-electron chi connectivity index (χ3n) is 3.45. The molecule has 0 aliphatic heterocycles. The topological polar surface area (TPSA) is 92.2 Å². The Hall–Kier alpha value is -1.50. The third-order valence-corrected chi connectivity index (χ3v) is 4.19. The fraction of sp³-hybridized carbons (Fsp3) is 0.714. The summed E-state index contributed by atoms with van der Waals surface area (Å²) in [6.07, 6.45) is 2.55. The molecule has 2 N–H and O–H groups in total. The van der Waals surface area contributed by atoms with E-state index >= 15 is 0 Å². The smallest absolute Gasteiger partial charge is 0.303 e. The van der Waals surface area contributed by atoms with Crippen LogP contribution in [0.15, 0.2) is 0 Å². The summed E-state index contributed by atoms with van der Waals surface area (Å²) < 4.78 is 3.84. The Bertz CT molecular complexity index is 474. The molecule has 1 amide bonds. The molecule has 1 unspecified atom stereocenters. The van der Waals surface area contributed by atoms with Crippen molar-refractivity contribution in [3.8, 4) is 0 Å². The van der Waals surface area contributed by atoms with Gasteiger partial charge in [0.2, 0.25) is 0 Å². The lowest BCUT2D eigenvalue weighted by Gasteiger charge is -2.14. The fourth-order valence-electron chi connectivity index (χ4n) is 2.08. The van der Waals surface area contributed by atoms with E-state index in [4.69, 9.17) is 5.11 Å². The van der Waals surface area contributed by atoms with Gasteiger partial charge in [0.05, 0.1) is 5.69 Å². The zero-order valence-electron chi connectivity index (χ0n) is 12.8. The number of amides is 1. The molecular weight excluding hydrogens is 290 g/mol. The molecule has 0 fully saturated rings. The van der Waals surface area contributed by atoms with Crippen molar-refractivity contribution in [1.29, 1.82) is 0 Å². The van der Waals surface area contributed by atoms with E-state index in [0.717, 1.165) is 30.1 Å². The van der Waals surface area contributed by atoms with Gasteiger partial charge in [-0.15, -0.1) is 5.10 Å². The molecule has 0 saturated carbocycles. The summed E-state index contributed by atoms with van der Waals surface area (Å²) in [5, 5.41) is 15.6. The number of aliphatic carboxylic acids is 1. The number of aromatic nitrogens is 2. The van der Waals surface area contributed by atoms with Crippen molar-refractivity contribution < 1.29 is 14.7 Å². The summed E-state index contributed by atoms with van der Waals surface area (Å²) in [5.41, 5.74) is 0.732. The summed E-state index contributed by atoms with van der Waals surface area (Å²) in [6.45, 7) is 6.55. The van der Waals surface area contributed by atoms with Gasteiger partial charge >= 0.3 is 5.97 Å². The second kappa shape index (κ2) is 8.71. The van der Waals surface area contributed by atoms with Gasteiger partial charge in [-0.1, -0.05) is 31.7 Å². The molecule has 0 aliphatic carbocycles. The first kappa shape index (κ1) is 17.6. The Morgan fingerprint density at radius 2 is 2.05 bits per heavy atom. The summed E-state index contributed by atoms with van der Waals surface area (Å²) in [7, 11) is 0. The standard InChI is InChI=1S/C14H23N3O3S/c1-4-10(5-6-11(18)19)7-8-15-14(20)13-12(9(2)3)16-17-21-13/h9-10H,4-8H2,1-3H3,(H,15,20)(H,18,19). The molecule has 1 atom stereocenters. The van der Waals surface area contributed by atoms with Crippen molar-refractivity contribution in [2.45, 2.75) is 52.4 Å². The number of nitrogens with one attached hydrogen (secondary N) is 1. The van der Waals surface area contributed by atoms with Crippen molar-refractivity contribution in [2.75, 3.05) is 6.54 Å². The average Bonchev–Trinajstić information content (AvgIpc) is 2.91. The molecule has 1 rings (SSSR count). The van der Waals surface area contributed by atoms with Crippen molar-refractivity contribution in [3.63, 3.8) is 0 Å². The Balaban J connectivity index is 2.42. The molecule has 0 aromatic carbocycles. The number of carboxylic acids is 1. The van der Waals surface area contributed by atoms with Gasteiger partial charge in [0, 0.05) is 13.0 Å². The first-order valence-corrected chi connectivity index (χ1v) is 8.05. The molecule has 0 saturated heterocycles. The SMILES string of the molecule is CCC(CCNC(=O)c1snnc1C(C)C)CCC(=O)O. The quantitative estimate of drug-likeness (QED) is 0.731. The Morgan fingerprint density at radius 3 is 2.62 bits per heavy atom. The van der Waals surface area contributed by atoms with Gasteiger partial charge in [-0.05, 0) is 36.2 Å². The van der Waals surface area contributed by atoms with Crippen LogP contribution in [0.25, 0.3) is 0 Å². The molecule has 1 aromatic heterocycles. The summed E-state index contributed by atoms with van der Waals surface area (Å²) >= 11 is 1.11. The lowest BCUT2D eigenvalue weighted by molar-refractivity contribution is -0.137. The minimum atomic E-state index is -0.769. The first-order chi connectivity index (χ1) is 9.95. The van der Waals surface area contributed by atoms with Crippen molar-refractivity contribution in [2.24, 2.45) is 5.92 Å². The summed E-state index contributed by atoms with van der Waals surface area (Å²) in [5.74, 6) is -0.411. The van der Waals surface area contributed by atoms with E-state index in [1.807, 2.05) is 20.8 Å². The van der Waals surface area contributed by atoms with Gasteiger partial charge in [0.25, 0.3) is 5.91 Å². The van der Waals surface area contributed by atoms with Crippen LogP contribution < -0.4 is 5.32 Å². The Labute approximate surface area is 129 Å². The van der Waals surface area contributed by atoms with Gasteiger partial charge in [0.15, 0.2) is 0 Å². The number of hydrogen-bond donors (Lipinski definition) is 2. The highest BCUT2D eigenvalue weighted by atomic mass is 32.1. The molecule has 6 nitrogen and oxygen atoms in total. The van der Waals surface area contributed by atoms with E-state index in [-0.39, 0.29) is 18.2 Å². The Morgan fingerprint density at radius 1 is 1.33 bits per heavy atom. The highest BCUT2D eigenvalue weighted by molar-refractivity contribution is 7.08. The minimum absolute atomic E-state index is 0.137. The molecule has 0 bridgehead atoms. The molecule has 118 valence electrons. The number of nitrogens with zero attached hydrogens (tertiary/aromatic N) is 2. The lowest BCUT2D eigenvalue weighted by Crippen LogP contribution is -2.26. The molecule has 0 aliphatic rings. The number of hydrogen-bond acceptors (Lipinski definition) is 5. The van der Waals surface area contributed by atoms with Gasteiger partial charge in [-0.3, -0.25) is 9.59 Å². The van der Waals surface area contributed by atoms with Crippen LogP contribution in [0.3, 0.4) is 0 Å². The van der Waals surface area contributed by atoms with E-state index in [9.17, 15) is 9.59 Å². The third kappa shape index (κ3) is 5.79. The van der Waals surface area contributed by atoms with Crippen molar-refractivity contribution >= 4 is 23.4 Å². The van der Waals surface area contributed by atoms with Gasteiger partial charge in [0.1, 0.15) is 4.88 Å². The largest absolute Gasteiger partial charge is 0.481 e. The van der Waals surface area contributed by atoms with Crippen LogP contribution >= 0.6 is 11.5 Å². The van der Waals surface area contributed by atoms with Crippen molar-refractivity contribution in [3.05, 3.63) is 10.6 Å². The number of carboxylic acid groups (broad SMARTS) is 1. The zero-order valence-corrected chi connectivity index (χ0v) is 13.6. The van der Waals surface area contributed by atoms with E-state index in [1.165, 1.54) is 0 Å². The molecule has 0 radical (unpaired) electrons. The van der Waals surface area contributed by atoms with Gasteiger partial charge < -0.3 is 10.4 Å². The molecule has 7 heteroatoms. The minimum Gasteiger partial charge on any atom is -0.481 e. The van der Waals surface area contributed by atoms with Crippen LogP contribution in [-0.2, 0) is 4.79 Å². The normalized spacial score (nSPS) is 12.4. The maximum atomic E-state index is 12.1. The van der Waals surface area contributed by atoms with E-state index in [2.05, 4.69) is 14.9 Å². The van der Waals surface area contributed by atoms with E-state index in [1.54, 1.807) is 0 Å². The number of carbonyl (C=O) groups excluding carboxylic acids is 1. The zero-order chi connectivity index (χ0) is 15.8. The molecule has 1 heterocycles. The predicted molar refractivity (Wildman–Crippen MR) is 81.6 cm³/mol. The maximum absolute atomic E-state index is 12.1. The molecule has 0 spiro atoms. The fourth-order valence-corrected chi connectivity index (χ4v) is 2.82. The highest BCUT2D eigenvalue weighted by Gasteiger charge is 2.18. The summed E-state index contributed by atoms with van der Waals surface area (Å²) in [6, 6.07) is 0. The van der Waals surface area contributed by atoms with E-state index < -0.39 is 5.97 Å². The number of rotatable bonds is 9. The van der Waals surface area contributed by atoms with Crippen LogP contribution in [-0.4, -0.2) is 33.1 Å². The Kier molecular flexibility index (Phi) is 7.28. The maximum Gasteiger partial charge on any atom is 0.303 e. The van der Waals surface area contributed by atoms with Crippen LogP contribution in [0.5, 0.6) is 0 Å². The monoisotopic (exact) mass is 313 g/mol. The predicted octanol–water partition coefficient (Wildman–Crippen LogP) is 2.67. The van der Waals surface area contributed by atoms with Crippen LogP contribution in [0.2, 0.25) is 0 Å². The molecular formula is C14H23N3O3S. The van der Waals surface area contributed by atoms with E-state index in [0.29, 0.717) is 23.8 Å². The van der Waals surface area contributed by atoms with Crippen LogP contribution in [0.1, 0.15) is 67.7 Å². The number of carbonyl (C=O) groups is 2. The highest BCUT2D eigenvalue weighted by Crippen LogP contribution is 2.20. The van der Waals surface area contributed by atoms with Crippen molar-refractivity contribution in [1.82, 2.24) is 14.9 Å². The molecule has 1 aromatic rings. The summed E-state index contributed by atoms with van der Waals surface area (Å²) in [4.78, 5) is 23.2. The second-order valence-electron chi connectivity index (χ2n) is 5.39. The lowest BCUT2D eigenvalue weighted by atomic mass is 9.96. The molecule has 21 heavy (non-hydrogen) atoms.